The Hall–Kier alpha value is -1.51. The molecule has 1 N–H and O–H groups in total. The summed E-state index contributed by atoms with van der Waals surface area (Å²) in [5, 5.41) is 2.58. The number of carbonyl (C=O) groups excluding carboxylic acids is 1. The maximum absolute atomic E-state index is 10.8. The zero-order valence-corrected chi connectivity index (χ0v) is 9.83. The molecule has 0 fully saturated rings. The average Bonchev–Trinajstić information content (AvgIpc) is 2.32. The van der Waals surface area contributed by atoms with Crippen LogP contribution in [0.4, 0.5) is 10.5 Å². The van der Waals surface area contributed by atoms with Crippen molar-refractivity contribution in [1.82, 2.24) is 0 Å². The first-order valence-corrected chi connectivity index (χ1v) is 5.20. The highest BCUT2D eigenvalue weighted by Gasteiger charge is 1.98. The van der Waals surface area contributed by atoms with Gasteiger partial charge in [-0.05, 0) is 24.1 Å². The average molecular weight is 211 g/mol. The molecule has 1 rings (SSSR count). The summed E-state index contributed by atoms with van der Waals surface area (Å²) >= 11 is 0. The third kappa shape index (κ3) is 5.05. The summed E-state index contributed by atoms with van der Waals surface area (Å²) in [7, 11) is 1.34. The number of ether oxygens (including phenoxy) is 1. The first-order chi connectivity index (χ1) is 7.26. The third-order valence-corrected chi connectivity index (χ3v) is 1.79. The molecule has 0 saturated heterocycles. The molecule has 0 heterocycles. The number of hydrogen-bond acceptors (Lipinski definition) is 2. The molecule has 0 aliphatic carbocycles. The van der Waals surface area contributed by atoms with Crippen LogP contribution in [0.5, 0.6) is 0 Å². The van der Waals surface area contributed by atoms with Gasteiger partial charge in [-0.2, -0.15) is 0 Å². The van der Waals surface area contributed by atoms with Crippen LogP contribution in [-0.2, 0) is 11.2 Å². The Morgan fingerprint density at radius 2 is 1.87 bits per heavy atom. The number of benzene rings is 1. The van der Waals surface area contributed by atoms with Gasteiger partial charge in [0.2, 0.25) is 0 Å². The largest absolute Gasteiger partial charge is 0.453 e. The molecule has 15 heavy (non-hydrogen) atoms. The third-order valence-electron chi connectivity index (χ3n) is 1.79. The van der Waals surface area contributed by atoms with E-state index in [-0.39, 0.29) is 1.43 Å². The summed E-state index contributed by atoms with van der Waals surface area (Å²) in [4.78, 5) is 10.8. The molecule has 3 heteroatoms. The van der Waals surface area contributed by atoms with Crippen molar-refractivity contribution in [3.63, 3.8) is 0 Å². The van der Waals surface area contributed by atoms with E-state index < -0.39 is 6.09 Å². The summed E-state index contributed by atoms with van der Waals surface area (Å²) in [5.74, 6) is 0. The Bertz CT molecular complexity index is 286. The van der Waals surface area contributed by atoms with E-state index in [0.29, 0.717) is 0 Å². The molecule has 0 bridgehead atoms. The SMILES string of the molecule is CC.CCc1ccc(NC(=O)OC)cc1.[HH]. The van der Waals surface area contributed by atoms with Crippen LogP contribution in [0.2, 0.25) is 0 Å². The number of methoxy groups -OCH3 is 1. The Morgan fingerprint density at radius 3 is 2.27 bits per heavy atom. The molecular formula is C12H21NO2. The molecule has 3 nitrogen and oxygen atoms in total. The van der Waals surface area contributed by atoms with E-state index in [1.54, 1.807) is 0 Å². The van der Waals surface area contributed by atoms with Crippen LogP contribution in [0.1, 0.15) is 27.8 Å². The van der Waals surface area contributed by atoms with Crippen molar-refractivity contribution in [2.75, 3.05) is 12.4 Å². The van der Waals surface area contributed by atoms with Crippen LogP contribution in [0.25, 0.3) is 0 Å². The lowest BCUT2D eigenvalue weighted by atomic mass is 10.1. The van der Waals surface area contributed by atoms with Gasteiger partial charge in [0.15, 0.2) is 0 Å². The molecule has 0 aliphatic heterocycles. The standard InChI is InChI=1S/C10H13NO2.C2H6.H2/c1-3-8-4-6-9(7-5-8)11-10(12)13-2;1-2;/h4-7H,3H2,1-2H3,(H,11,12);1-2H3;1H. The molecule has 0 spiro atoms. The van der Waals surface area contributed by atoms with Crippen molar-refractivity contribution >= 4 is 11.8 Å². The van der Waals surface area contributed by atoms with Crippen molar-refractivity contribution in [2.45, 2.75) is 27.2 Å². The minimum atomic E-state index is -0.441. The fourth-order valence-electron chi connectivity index (χ4n) is 0.993. The highest BCUT2D eigenvalue weighted by atomic mass is 16.5. The van der Waals surface area contributed by atoms with Gasteiger partial charge < -0.3 is 4.74 Å². The van der Waals surface area contributed by atoms with Gasteiger partial charge in [0, 0.05) is 7.11 Å². The second kappa shape index (κ2) is 7.85. The van der Waals surface area contributed by atoms with Crippen molar-refractivity contribution in [2.24, 2.45) is 0 Å². The highest BCUT2D eigenvalue weighted by Crippen LogP contribution is 2.09. The number of carbonyl (C=O) groups is 1. The molecule has 1 amide bonds. The predicted octanol–water partition coefficient (Wildman–Crippen LogP) is 3.70. The van der Waals surface area contributed by atoms with E-state index in [1.165, 1.54) is 12.7 Å². The summed E-state index contributed by atoms with van der Waals surface area (Å²) in [5.41, 5.74) is 2.00. The second-order valence-corrected chi connectivity index (χ2v) is 2.67. The molecule has 0 atom stereocenters. The van der Waals surface area contributed by atoms with E-state index in [1.807, 2.05) is 38.1 Å². The van der Waals surface area contributed by atoms with Gasteiger partial charge in [-0.15, -0.1) is 0 Å². The van der Waals surface area contributed by atoms with Crippen LogP contribution >= 0.6 is 0 Å². The lowest BCUT2D eigenvalue weighted by Gasteiger charge is -2.03. The van der Waals surface area contributed by atoms with Crippen molar-refractivity contribution in [3.8, 4) is 0 Å². The normalized spacial score (nSPS) is 8.53. The maximum Gasteiger partial charge on any atom is 0.411 e. The second-order valence-electron chi connectivity index (χ2n) is 2.67. The minimum absolute atomic E-state index is 0. The van der Waals surface area contributed by atoms with Gasteiger partial charge in [-0.1, -0.05) is 32.9 Å². The van der Waals surface area contributed by atoms with Gasteiger partial charge in [-0.25, -0.2) is 4.79 Å². The highest BCUT2D eigenvalue weighted by molar-refractivity contribution is 5.84. The summed E-state index contributed by atoms with van der Waals surface area (Å²) in [6.07, 6.45) is 0.558. The lowest BCUT2D eigenvalue weighted by Crippen LogP contribution is -2.10. The van der Waals surface area contributed by atoms with Gasteiger partial charge in [-0.3, -0.25) is 5.32 Å². The topological polar surface area (TPSA) is 38.3 Å². The summed E-state index contributed by atoms with van der Waals surface area (Å²) in [6, 6.07) is 7.67. The molecule has 1 aromatic rings. The number of anilines is 1. The van der Waals surface area contributed by atoms with Gasteiger partial charge in [0.1, 0.15) is 0 Å². The zero-order valence-electron chi connectivity index (χ0n) is 9.83. The maximum atomic E-state index is 10.8. The van der Waals surface area contributed by atoms with Crippen LogP contribution in [0, 0.1) is 0 Å². The van der Waals surface area contributed by atoms with E-state index in [4.69, 9.17) is 0 Å². The van der Waals surface area contributed by atoms with Crippen LogP contribution in [-0.4, -0.2) is 13.2 Å². The van der Waals surface area contributed by atoms with Crippen molar-refractivity contribution in [3.05, 3.63) is 29.8 Å². The quantitative estimate of drug-likeness (QED) is 0.810. The lowest BCUT2D eigenvalue weighted by molar-refractivity contribution is 0.187. The molecular weight excluding hydrogens is 190 g/mol. The molecule has 86 valence electrons. The summed E-state index contributed by atoms with van der Waals surface area (Å²) < 4.78 is 4.46. The number of nitrogens with one attached hydrogen (secondary N) is 1. The Morgan fingerprint density at radius 1 is 1.33 bits per heavy atom. The molecule has 0 saturated carbocycles. The van der Waals surface area contributed by atoms with Crippen molar-refractivity contribution in [1.29, 1.82) is 0 Å². The minimum Gasteiger partial charge on any atom is -0.453 e. The predicted molar refractivity (Wildman–Crippen MR) is 65.3 cm³/mol. The number of hydrogen-bond donors (Lipinski definition) is 1. The monoisotopic (exact) mass is 211 g/mol. The number of aryl methyl sites for hydroxylation is 1. The van der Waals surface area contributed by atoms with E-state index in [9.17, 15) is 4.79 Å². The Labute approximate surface area is 92.9 Å². The zero-order chi connectivity index (χ0) is 11.7. The van der Waals surface area contributed by atoms with Crippen LogP contribution < -0.4 is 5.32 Å². The summed E-state index contributed by atoms with van der Waals surface area (Å²) in [6.45, 7) is 6.09. The van der Waals surface area contributed by atoms with Crippen molar-refractivity contribution < 1.29 is 11.0 Å². The van der Waals surface area contributed by atoms with Crippen LogP contribution in [0.15, 0.2) is 24.3 Å². The first-order valence-electron chi connectivity index (χ1n) is 5.20. The van der Waals surface area contributed by atoms with Crippen LogP contribution in [0.3, 0.4) is 0 Å². The fraction of sp³-hybridized carbons (Fsp3) is 0.417. The number of amides is 1. The smallest absolute Gasteiger partial charge is 0.411 e. The van der Waals surface area contributed by atoms with E-state index in [2.05, 4.69) is 17.0 Å². The van der Waals surface area contributed by atoms with Gasteiger partial charge in [0.25, 0.3) is 0 Å². The fourth-order valence-corrected chi connectivity index (χ4v) is 0.993. The Balaban J connectivity index is 0. The first kappa shape index (κ1) is 13.5. The molecule has 0 aliphatic rings. The Kier molecular flexibility index (Phi) is 7.06. The van der Waals surface area contributed by atoms with Gasteiger partial charge in [0.05, 0.1) is 7.11 Å². The number of rotatable bonds is 2. The molecule has 0 aromatic heterocycles. The van der Waals surface area contributed by atoms with E-state index in [0.717, 1.165) is 12.1 Å². The van der Waals surface area contributed by atoms with E-state index >= 15 is 0 Å². The molecule has 0 unspecified atom stereocenters. The molecule has 1 aromatic carbocycles. The van der Waals surface area contributed by atoms with Gasteiger partial charge >= 0.3 is 6.09 Å². The molecule has 0 radical (unpaired) electrons.